The maximum absolute atomic E-state index is 12.5. The van der Waals surface area contributed by atoms with Gasteiger partial charge < -0.3 is 10.2 Å². The Morgan fingerprint density at radius 1 is 0.556 bits per heavy atom. The molecule has 0 aliphatic carbocycles. The highest BCUT2D eigenvalue weighted by molar-refractivity contribution is 5.74. The molecule has 0 aliphatic rings. The zero-order chi connectivity index (χ0) is 27.2. The van der Waals surface area contributed by atoms with Gasteiger partial charge in [0.1, 0.15) is 0 Å². The average molecular weight is 511 g/mol. The molecule has 2 N–H and O–H groups in total. The van der Waals surface area contributed by atoms with Crippen LogP contribution in [0.5, 0.6) is 0 Å². The molecule has 2 atom stereocenters. The first-order valence-electron chi connectivity index (χ1n) is 15.5. The summed E-state index contributed by atoms with van der Waals surface area (Å²) in [6, 6.07) is 0. The predicted molar refractivity (Wildman–Crippen MR) is 154 cm³/mol. The first kappa shape index (κ1) is 34.9. The van der Waals surface area contributed by atoms with Crippen LogP contribution in [0.15, 0.2) is 0 Å². The molecule has 0 aliphatic heterocycles. The van der Waals surface area contributed by atoms with Crippen molar-refractivity contribution in [3.05, 3.63) is 0 Å². The van der Waals surface area contributed by atoms with Crippen LogP contribution in [0.4, 0.5) is 0 Å². The fraction of sp³-hybridized carbons (Fsp3) is 0.938. The molecule has 0 amide bonds. The van der Waals surface area contributed by atoms with Crippen molar-refractivity contribution >= 4 is 11.9 Å². The lowest BCUT2D eigenvalue weighted by Crippen LogP contribution is -2.36. The molecule has 0 aromatic carbocycles. The number of carbonyl (C=O) groups is 2. The number of hydrogen-bond donors (Lipinski definition) is 2. The summed E-state index contributed by atoms with van der Waals surface area (Å²) in [5.74, 6) is 0.496. The summed E-state index contributed by atoms with van der Waals surface area (Å²) in [4.78, 5) is 23.1. The van der Waals surface area contributed by atoms with Crippen molar-refractivity contribution in [1.29, 1.82) is 0 Å². The Labute approximate surface area is 224 Å². The Morgan fingerprint density at radius 3 is 1.33 bits per heavy atom. The normalized spacial score (nSPS) is 14.3. The van der Waals surface area contributed by atoms with Crippen molar-refractivity contribution in [3.63, 3.8) is 0 Å². The number of carboxylic acid groups (broad SMARTS) is 2. The van der Waals surface area contributed by atoms with Crippen LogP contribution in [0.1, 0.15) is 169 Å². The summed E-state index contributed by atoms with van der Waals surface area (Å²) < 4.78 is 0. The lowest BCUT2D eigenvalue weighted by Gasteiger charge is -2.35. The maximum Gasteiger partial charge on any atom is 0.309 e. The third kappa shape index (κ3) is 19.1. The number of rotatable bonds is 26. The van der Waals surface area contributed by atoms with E-state index in [1.807, 2.05) is 6.92 Å². The molecule has 0 saturated heterocycles. The van der Waals surface area contributed by atoms with Crippen LogP contribution in [0, 0.1) is 23.2 Å². The van der Waals surface area contributed by atoms with Crippen molar-refractivity contribution in [1.82, 2.24) is 0 Å². The molecule has 0 fully saturated rings. The van der Waals surface area contributed by atoms with Crippen LogP contribution in [0.25, 0.3) is 0 Å². The molecule has 4 heteroatoms. The summed E-state index contributed by atoms with van der Waals surface area (Å²) in [7, 11) is 0. The Bertz CT molecular complexity index is 542. The van der Waals surface area contributed by atoms with Crippen molar-refractivity contribution in [2.24, 2.45) is 23.2 Å². The standard InChI is InChI=1S/C32H62O4/c1-27(2)21-15-13-18-24-29(32(5,31(35)36)26-20-14-16-22-28(3)4)23-17-11-9-7-6-8-10-12-19-25-30(33)34/h27-29H,6-26H2,1-5H3,(H,33,34)(H,35,36). The molecule has 214 valence electrons. The number of unbranched alkanes of at least 4 members (excludes halogenated alkanes) is 12. The van der Waals surface area contributed by atoms with E-state index in [2.05, 4.69) is 27.7 Å². The Kier molecular flexibility index (Phi) is 21.3. The lowest BCUT2D eigenvalue weighted by molar-refractivity contribution is -0.152. The van der Waals surface area contributed by atoms with Gasteiger partial charge in [0.25, 0.3) is 0 Å². The van der Waals surface area contributed by atoms with Crippen molar-refractivity contribution in [2.75, 3.05) is 0 Å². The van der Waals surface area contributed by atoms with Gasteiger partial charge in [-0.05, 0) is 50.4 Å². The fourth-order valence-electron chi connectivity index (χ4n) is 5.51. The van der Waals surface area contributed by atoms with Gasteiger partial charge >= 0.3 is 11.9 Å². The van der Waals surface area contributed by atoms with E-state index in [0.717, 1.165) is 76.0 Å². The number of carboxylic acids is 2. The highest BCUT2D eigenvalue weighted by Gasteiger charge is 2.40. The predicted octanol–water partition coefficient (Wildman–Crippen LogP) is 10.3. The molecule has 0 rings (SSSR count). The van der Waals surface area contributed by atoms with E-state index in [4.69, 9.17) is 5.11 Å². The van der Waals surface area contributed by atoms with Gasteiger partial charge in [0.05, 0.1) is 5.41 Å². The zero-order valence-electron chi connectivity index (χ0n) is 24.8. The minimum atomic E-state index is -0.686. The van der Waals surface area contributed by atoms with Crippen molar-refractivity contribution < 1.29 is 19.8 Å². The number of aliphatic carboxylic acids is 2. The van der Waals surface area contributed by atoms with Crippen molar-refractivity contribution in [3.8, 4) is 0 Å². The molecule has 2 unspecified atom stereocenters. The lowest BCUT2D eigenvalue weighted by atomic mass is 9.69. The third-order valence-electron chi connectivity index (χ3n) is 8.14. The molecule has 0 aromatic rings. The van der Waals surface area contributed by atoms with Crippen LogP contribution in [0.2, 0.25) is 0 Å². The summed E-state index contributed by atoms with van der Waals surface area (Å²) in [5.41, 5.74) is -0.591. The van der Waals surface area contributed by atoms with E-state index in [0.29, 0.717) is 6.42 Å². The van der Waals surface area contributed by atoms with Gasteiger partial charge in [-0.2, -0.15) is 0 Å². The van der Waals surface area contributed by atoms with Gasteiger partial charge in [-0.25, -0.2) is 0 Å². The Hall–Kier alpha value is -1.06. The molecule has 0 spiro atoms. The van der Waals surface area contributed by atoms with E-state index in [-0.39, 0.29) is 5.92 Å². The smallest absolute Gasteiger partial charge is 0.309 e. The first-order chi connectivity index (χ1) is 17.1. The van der Waals surface area contributed by atoms with Gasteiger partial charge in [-0.1, -0.05) is 130 Å². The van der Waals surface area contributed by atoms with E-state index >= 15 is 0 Å². The second-order valence-electron chi connectivity index (χ2n) is 12.6. The highest BCUT2D eigenvalue weighted by Crippen LogP contribution is 2.40. The van der Waals surface area contributed by atoms with E-state index in [1.165, 1.54) is 64.2 Å². The van der Waals surface area contributed by atoms with Gasteiger partial charge in [0, 0.05) is 6.42 Å². The quantitative estimate of drug-likeness (QED) is 0.113. The fourth-order valence-corrected chi connectivity index (χ4v) is 5.51. The first-order valence-corrected chi connectivity index (χ1v) is 15.5. The SMILES string of the molecule is CC(C)CCCCCC(CCCCCCCCCCCC(=O)O)C(C)(CCCCCC(C)C)C(=O)O. The molecule has 0 aromatic heterocycles. The molecule has 0 heterocycles. The topological polar surface area (TPSA) is 74.6 Å². The van der Waals surface area contributed by atoms with Gasteiger partial charge in [-0.3, -0.25) is 9.59 Å². The highest BCUT2D eigenvalue weighted by atomic mass is 16.4. The molecule has 0 saturated carbocycles. The zero-order valence-corrected chi connectivity index (χ0v) is 24.8. The van der Waals surface area contributed by atoms with E-state index < -0.39 is 17.4 Å². The summed E-state index contributed by atoms with van der Waals surface area (Å²) in [6.45, 7) is 11.1. The summed E-state index contributed by atoms with van der Waals surface area (Å²) in [5, 5.41) is 19.0. The van der Waals surface area contributed by atoms with Gasteiger partial charge in [0.15, 0.2) is 0 Å². The monoisotopic (exact) mass is 510 g/mol. The van der Waals surface area contributed by atoms with Crippen molar-refractivity contribution in [2.45, 2.75) is 169 Å². The third-order valence-corrected chi connectivity index (χ3v) is 8.14. The maximum atomic E-state index is 12.5. The van der Waals surface area contributed by atoms with E-state index in [1.54, 1.807) is 0 Å². The summed E-state index contributed by atoms with van der Waals surface area (Å²) in [6.07, 6.45) is 23.0. The molecule has 0 radical (unpaired) electrons. The van der Waals surface area contributed by atoms with Crippen LogP contribution in [0.3, 0.4) is 0 Å². The summed E-state index contributed by atoms with van der Waals surface area (Å²) >= 11 is 0. The molecule has 0 bridgehead atoms. The minimum Gasteiger partial charge on any atom is -0.481 e. The molecule has 36 heavy (non-hydrogen) atoms. The average Bonchev–Trinajstić information content (AvgIpc) is 2.79. The Balaban J connectivity index is 4.53. The number of hydrogen-bond acceptors (Lipinski definition) is 2. The van der Waals surface area contributed by atoms with Crippen LogP contribution < -0.4 is 0 Å². The van der Waals surface area contributed by atoms with Gasteiger partial charge in [-0.15, -0.1) is 0 Å². The largest absolute Gasteiger partial charge is 0.481 e. The van der Waals surface area contributed by atoms with Crippen LogP contribution in [-0.4, -0.2) is 22.2 Å². The second kappa shape index (κ2) is 22.0. The van der Waals surface area contributed by atoms with Crippen LogP contribution in [-0.2, 0) is 9.59 Å². The minimum absolute atomic E-state index is 0.286. The van der Waals surface area contributed by atoms with Gasteiger partial charge in [0.2, 0.25) is 0 Å². The molecular formula is C32H62O4. The molecular weight excluding hydrogens is 448 g/mol. The second-order valence-corrected chi connectivity index (χ2v) is 12.6. The Morgan fingerprint density at radius 2 is 0.917 bits per heavy atom. The molecule has 4 nitrogen and oxygen atoms in total. The van der Waals surface area contributed by atoms with E-state index in [9.17, 15) is 14.7 Å². The van der Waals surface area contributed by atoms with Crippen LogP contribution >= 0.6 is 0 Å².